The van der Waals surface area contributed by atoms with E-state index in [0.717, 1.165) is 21.9 Å². The van der Waals surface area contributed by atoms with Gasteiger partial charge < -0.3 is 0 Å². The summed E-state index contributed by atoms with van der Waals surface area (Å²) in [6.07, 6.45) is 0. The summed E-state index contributed by atoms with van der Waals surface area (Å²) < 4.78 is 33.0. The predicted molar refractivity (Wildman–Crippen MR) is 103 cm³/mol. The highest BCUT2D eigenvalue weighted by atomic mass is 79.9. The van der Waals surface area contributed by atoms with Crippen molar-refractivity contribution in [1.29, 1.82) is 0 Å². The van der Waals surface area contributed by atoms with E-state index in [1.807, 2.05) is 48.5 Å². The Morgan fingerprint density at radius 3 is 2.22 bits per heavy atom. The van der Waals surface area contributed by atoms with Gasteiger partial charge in [0, 0.05) is 4.47 Å². The van der Waals surface area contributed by atoms with E-state index < -0.39 is 0 Å². The van der Waals surface area contributed by atoms with E-state index in [9.17, 15) is 0 Å². The van der Waals surface area contributed by atoms with Crippen LogP contribution in [0.3, 0.4) is 0 Å². The van der Waals surface area contributed by atoms with Crippen molar-refractivity contribution in [2.24, 2.45) is 0 Å². The Kier molecular flexibility index (Phi) is 2.72. The first kappa shape index (κ1) is 10.4. The normalized spacial score (nSPS) is 13.3. The van der Waals surface area contributed by atoms with Gasteiger partial charge in [-0.1, -0.05) is 88.7 Å². The molecular weight excluding hydrogens is 344 g/mol. The summed E-state index contributed by atoms with van der Waals surface area (Å²) in [5.41, 5.74) is 3.25. The van der Waals surface area contributed by atoms with Gasteiger partial charge in [0.2, 0.25) is 0 Å². The molecule has 1 heteroatoms. The van der Waals surface area contributed by atoms with Crippen LogP contribution in [0, 0.1) is 0 Å². The molecule has 0 aliphatic heterocycles. The van der Waals surface area contributed by atoms with Gasteiger partial charge in [0.25, 0.3) is 0 Å². The Labute approximate surface area is 150 Å². The molecule has 0 nitrogen and oxygen atoms in total. The molecule has 0 aliphatic rings. The lowest BCUT2D eigenvalue weighted by atomic mass is 9.95. The average molecular weight is 363 g/mol. The van der Waals surface area contributed by atoms with Crippen LogP contribution < -0.4 is 0 Å². The van der Waals surface area contributed by atoms with Crippen LogP contribution in [0.15, 0.2) is 95.4 Å². The van der Waals surface area contributed by atoms with Gasteiger partial charge in [-0.15, -0.1) is 0 Å². The topological polar surface area (TPSA) is 0 Å². The third-order valence-corrected chi connectivity index (χ3v) is 4.25. The molecule has 23 heavy (non-hydrogen) atoms. The van der Waals surface area contributed by atoms with Crippen LogP contribution in [0.4, 0.5) is 0 Å². The molecular formula is C22H15Br. The van der Waals surface area contributed by atoms with Crippen LogP contribution in [0.2, 0.25) is 0 Å². The average Bonchev–Trinajstić information content (AvgIpc) is 2.71. The molecule has 4 rings (SSSR count). The monoisotopic (exact) mass is 362 g/mol. The van der Waals surface area contributed by atoms with Crippen LogP contribution in [-0.2, 0) is 0 Å². The standard InChI is InChI=1S/C22H15Br/c23-20-12-9-17(10-13-20)21-8-4-7-19-15-18(11-14-22(19)21)16-5-2-1-3-6-16/h1-15H/i9D,10D,12D,13D. The Hall–Kier alpha value is -2.38. The zero-order valence-corrected chi connectivity index (χ0v) is 13.8. The van der Waals surface area contributed by atoms with E-state index in [0.29, 0.717) is 11.1 Å². The van der Waals surface area contributed by atoms with E-state index in [-0.39, 0.29) is 28.6 Å². The molecule has 0 unspecified atom stereocenters. The quantitative estimate of drug-likeness (QED) is 0.362. The molecule has 0 saturated heterocycles. The van der Waals surface area contributed by atoms with Gasteiger partial charge in [-0.05, 0) is 51.2 Å². The highest BCUT2D eigenvalue weighted by Crippen LogP contribution is 2.32. The highest BCUT2D eigenvalue weighted by Gasteiger charge is 2.05. The molecule has 0 spiro atoms. The van der Waals surface area contributed by atoms with Gasteiger partial charge in [-0.2, -0.15) is 0 Å². The summed E-state index contributed by atoms with van der Waals surface area (Å²) >= 11 is 3.16. The molecule has 4 aromatic rings. The van der Waals surface area contributed by atoms with Crippen LogP contribution in [0.25, 0.3) is 33.0 Å². The van der Waals surface area contributed by atoms with E-state index in [4.69, 9.17) is 5.48 Å². The molecule has 0 amide bonds. The summed E-state index contributed by atoms with van der Waals surface area (Å²) in [6.45, 7) is 0. The lowest BCUT2D eigenvalue weighted by Gasteiger charge is -2.09. The second-order valence-corrected chi connectivity index (χ2v) is 6.09. The van der Waals surface area contributed by atoms with Crippen LogP contribution in [0.1, 0.15) is 5.48 Å². The number of rotatable bonds is 2. The van der Waals surface area contributed by atoms with Crippen molar-refractivity contribution in [3.63, 3.8) is 0 Å². The molecule has 0 heterocycles. The van der Waals surface area contributed by atoms with Gasteiger partial charge in [0.15, 0.2) is 0 Å². The van der Waals surface area contributed by atoms with E-state index in [1.54, 1.807) is 0 Å². The van der Waals surface area contributed by atoms with Gasteiger partial charge in [-0.3, -0.25) is 0 Å². The minimum Gasteiger partial charge on any atom is -0.0622 e. The molecule has 0 atom stereocenters. The Bertz CT molecular complexity index is 1140. The van der Waals surface area contributed by atoms with E-state index in [2.05, 4.69) is 34.1 Å². The molecule has 0 fully saturated rings. The molecule has 110 valence electrons. The summed E-state index contributed by atoms with van der Waals surface area (Å²) in [4.78, 5) is 0. The summed E-state index contributed by atoms with van der Waals surface area (Å²) in [6, 6.07) is 21.7. The zero-order chi connectivity index (χ0) is 19.1. The first-order chi connectivity index (χ1) is 13.0. The minimum atomic E-state index is -0.0658. The summed E-state index contributed by atoms with van der Waals surface area (Å²) in [5.74, 6) is 0. The van der Waals surface area contributed by atoms with Gasteiger partial charge in [-0.25, -0.2) is 0 Å². The molecule has 4 aromatic carbocycles. The molecule has 0 saturated carbocycles. The van der Waals surface area contributed by atoms with Gasteiger partial charge >= 0.3 is 0 Å². The Balaban J connectivity index is 1.97. The van der Waals surface area contributed by atoms with Crippen LogP contribution in [-0.4, -0.2) is 0 Å². The molecule has 0 aliphatic carbocycles. The lowest BCUT2D eigenvalue weighted by Crippen LogP contribution is -1.83. The van der Waals surface area contributed by atoms with E-state index >= 15 is 0 Å². The number of hydrogen-bond donors (Lipinski definition) is 0. The summed E-state index contributed by atoms with van der Waals surface area (Å²) in [7, 11) is 0. The lowest BCUT2D eigenvalue weighted by molar-refractivity contribution is 1.61. The number of hydrogen-bond acceptors (Lipinski definition) is 0. The second-order valence-electron chi connectivity index (χ2n) is 5.30. The SMILES string of the molecule is [2H]c1c([2H])c(-c2cccc3cc(-c4ccccc4)ccc23)c([2H])c([2H])c1Br. The largest absolute Gasteiger partial charge is 0.0635 e. The maximum Gasteiger partial charge on any atom is 0.0635 e. The smallest absolute Gasteiger partial charge is 0.0622 e. The van der Waals surface area contributed by atoms with Crippen molar-refractivity contribution in [2.75, 3.05) is 0 Å². The fourth-order valence-electron chi connectivity index (χ4n) is 2.74. The molecule has 0 radical (unpaired) electrons. The van der Waals surface area contributed by atoms with Crippen molar-refractivity contribution >= 4 is 26.7 Å². The maximum atomic E-state index is 8.34. The van der Waals surface area contributed by atoms with Gasteiger partial charge in [0.1, 0.15) is 0 Å². The Morgan fingerprint density at radius 2 is 1.43 bits per heavy atom. The van der Waals surface area contributed by atoms with Crippen molar-refractivity contribution in [2.45, 2.75) is 0 Å². The third kappa shape index (κ3) is 2.80. The number of fused-ring (bicyclic) bond motifs is 1. The maximum absolute atomic E-state index is 8.34. The first-order valence-electron chi connectivity index (χ1n) is 9.33. The number of benzene rings is 4. The minimum absolute atomic E-state index is 0.0393. The van der Waals surface area contributed by atoms with Crippen LogP contribution in [0.5, 0.6) is 0 Å². The van der Waals surface area contributed by atoms with Gasteiger partial charge in [0.05, 0.1) is 5.48 Å². The zero-order valence-electron chi connectivity index (χ0n) is 16.2. The van der Waals surface area contributed by atoms with Crippen molar-refractivity contribution in [3.05, 3.63) is 95.4 Å². The summed E-state index contributed by atoms with van der Waals surface area (Å²) in [5, 5.41) is 1.90. The van der Waals surface area contributed by atoms with Crippen molar-refractivity contribution < 1.29 is 5.48 Å². The third-order valence-electron chi connectivity index (χ3n) is 3.85. The van der Waals surface area contributed by atoms with E-state index in [1.165, 1.54) is 0 Å². The Morgan fingerprint density at radius 1 is 0.652 bits per heavy atom. The second kappa shape index (κ2) is 6.02. The van der Waals surface area contributed by atoms with Crippen LogP contribution >= 0.6 is 15.9 Å². The first-order valence-corrected chi connectivity index (χ1v) is 8.12. The van der Waals surface area contributed by atoms with Crippen molar-refractivity contribution in [3.8, 4) is 22.3 Å². The fourth-order valence-corrected chi connectivity index (χ4v) is 2.94. The molecule has 0 bridgehead atoms. The van der Waals surface area contributed by atoms with Crippen molar-refractivity contribution in [1.82, 2.24) is 0 Å². The highest BCUT2D eigenvalue weighted by molar-refractivity contribution is 9.10. The fraction of sp³-hybridized carbons (Fsp3) is 0. The number of halogens is 1. The molecule has 0 N–H and O–H groups in total. The predicted octanol–water partition coefficient (Wildman–Crippen LogP) is 6.94. The molecule has 0 aromatic heterocycles.